The zero-order chi connectivity index (χ0) is 15.7. The smallest absolute Gasteiger partial charge is 0.409 e. The first-order chi connectivity index (χ1) is 10.6. The van der Waals surface area contributed by atoms with Gasteiger partial charge in [0.1, 0.15) is 12.1 Å². The van der Waals surface area contributed by atoms with Crippen molar-refractivity contribution in [2.24, 2.45) is 0 Å². The third-order valence-corrected chi connectivity index (χ3v) is 3.64. The van der Waals surface area contributed by atoms with Crippen LogP contribution in [-0.2, 0) is 4.74 Å². The van der Waals surface area contributed by atoms with Gasteiger partial charge >= 0.3 is 6.09 Å². The molecule has 1 aromatic carbocycles. The highest BCUT2D eigenvalue weighted by Gasteiger charge is 2.27. The molecule has 0 saturated carbocycles. The molecule has 3 rings (SSSR count). The van der Waals surface area contributed by atoms with Crippen molar-refractivity contribution >= 4 is 22.8 Å². The van der Waals surface area contributed by atoms with Gasteiger partial charge in [0.25, 0.3) is 0 Å². The van der Waals surface area contributed by atoms with Gasteiger partial charge < -0.3 is 15.0 Å². The van der Waals surface area contributed by atoms with E-state index in [2.05, 4.69) is 20.0 Å². The van der Waals surface area contributed by atoms with Gasteiger partial charge in [-0.1, -0.05) is 0 Å². The van der Waals surface area contributed by atoms with Gasteiger partial charge in [0.15, 0.2) is 11.6 Å². The molecular weight excluding hydrogens is 294 g/mol. The molecule has 0 bridgehead atoms. The minimum atomic E-state index is -0.951. The fraction of sp³-hybridized carbons (Fsp3) is 0.357. The number of likely N-dealkylation sites (tertiary alicyclic amines) is 1. The molecule has 1 aromatic heterocycles. The molecule has 1 saturated heterocycles. The van der Waals surface area contributed by atoms with E-state index in [0.29, 0.717) is 36.2 Å². The van der Waals surface area contributed by atoms with Crippen LogP contribution in [0.25, 0.3) is 10.9 Å². The van der Waals surface area contributed by atoms with E-state index in [1.807, 2.05) is 0 Å². The number of benzene rings is 1. The number of nitrogens with one attached hydrogen (secondary N) is 1. The molecule has 2 heterocycles. The average molecular weight is 308 g/mol. The van der Waals surface area contributed by atoms with E-state index in [1.165, 1.54) is 13.4 Å². The Balaban J connectivity index is 1.83. The summed E-state index contributed by atoms with van der Waals surface area (Å²) < 4.78 is 31.4. The number of carbonyl (C=O) groups excluding carboxylic acids is 1. The maximum Gasteiger partial charge on any atom is 0.409 e. The largest absolute Gasteiger partial charge is 0.453 e. The Morgan fingerprint density at radius 1 is 1.36 bits per heavy atom. The number of nitrogens with zero attached hydrogens (tertiary/aromatic N) is 3. The quantitative estimate of drug-likeness (QED) is 0.921. The molecule has 6 nitrogen and oxygen atoms in total. The van der Waals surface area contributed by atoms with Gasteiger partial charge in [-0.15, -0.1) is 0 Å². The lowest BCUT2D eigenvalue weighted by Crippen LogP contribution is -2.31. The zero-order valence-corrected chi connectivity index (χ0v) is 11.8. The molecule has 0 spiro atoms. The van der Waals surface area contributed by atoms with Crippen molar-refractivity contribution in [1.29, 1.82) is 0 Å². The Kier molecular flexibility index (Phi) is 3.74. The highest BCUT2D eigenvalue weighted by atomic mass is 19.2. The zero-order valence-electron chi connectivity index (χ0n) is 11.8. The van der Waals surface area contributed by atoms with E-state index in [-0.39, 0.29) is 12.1 Å². The standard InChI is InChI=1S/C14H14F2N4O2/c1-22-14(21)20-3-2-8(6-20)19-13-9-4-10(15)11(16)5-12(9)17-7-18-13/h4-5,7-8H,2-3,6H2,1H3,(H,17,18,19). The number of aromatic nitrogens is 2. The van der Waals surface area contributed by atoms with Gasteiger partial charge in [0.2, 0.25) is 0 Å². The van der Waals surface area contributed by atoms with Crippen LogP contribution in [0.5, 0.6) is 0 Å². The van der Waals surface area contributed by atoms with E-state index < -0.39 is 11.6 Å². The molecule has 1 N–H and O–H groups in total. The first-order valence-electron chi connectivity index (χ1n) is 6.77. The van der Waals surface area contributed by atoms with E-state index in [1.54, 1.807) is 4.90 Å². The van der Waals surface area contributed by atoms with E-state index in [9.17, 15) is 13.6 Å². The number of fused-ring (bicyclic) bond motifs is 1. The molecule has 2 aromatic rings. The van der Waals surface area contributed by atoms with Crippen LogP contribution < -0.4 is 5.32 Å². The molecule has 1 aliphatic rings. The van der Waals surface area contributed by atoms with Gasteiger partial charge in [0, 0.05) is 30.6 Å². The number of anilines is 1. The maximum atomic E-state index is 13.4. The molecule has 116 valence electrons. The lowest BCUT2D eigenvalue weighted by atomic mass is 10.2. The van der Waals surface area contributed by atoms with Crippen molar-refractivity contribution in [2.75, 3.05) is 25.5 Å². The lowest BCUT2D eigenvalue weighted by Gasteiger charge is -2.16. The third kappa shape index (κ3) is 2.63. The molecule has 1 unspecified atom stereocenters. The summed E-state index contributed by atoms with van der Waals surface area (Å²) >= 11 is 0. The van der Waals surface area contributed by atoms with Crippen LogP contribution in [0.1, 0.15) is 6.42 Å². The normalized spacial score (nSPS) is 17.8. The van der Waals surface area contributed by atoms with E-state index in [4.69, 9.17) is 0 Å². The predicted octanol–water partition coefficient (Wildman–Crippen LogP) is 2.16. The van der Waals surface area contributed by atoms with Gasteiger partial charge in [-0.3, -0.25) is 0 Å². The molecule has 1 atom stereocenters. The Bertz CT molecular complexity index is 725. The molecule has 22 heavy (non-hydrogen) atoms. The number of ether oxygens (including phenoxy) is 1. The van der Waals surface area contributed by atoms with Crippen molar-refractivity contribution in [3.8, 4) is 0 Å². The fourth-order valence-corrected chi connectivity index (χ4v) is 2.53. The van der Waals surface area contributed by atoms with Crippen molar-refractivity contribution in [1.82, 2.24) is 14.9 Å². The van der Waals surface area contributed by atoms with Crippen LogP contribution in [-0.4, -0.2) is 47.2 Å². The van der Waals surface area contributed by atoms with Gasteiger partial charge in [-0.25, -0.2) is 23.5 Å². The number of methoxy groups -OCH3 is 1. The van der Waals surface area contributed by atoms with Gasteiger partial charge in [0.05, 0.1) is 12.6 Å². The highest BCUT2D eigenvalue weighted by Crippen LogP contribution is 2.24. The summed E-state index contributed by atoms with van der Waals surface area (Å²) in [5.41, 5.74) is 0.319. The highest BCUT2D eigenvalue weighted by molar-refractivity contribution is 5.89. The number of halogens is 2. The summed E-state index contributed by atoms with van der Waals surface area (Å²) in [6.45, 7) is 1.03. The topological polar surface area (TPSA) is 67.3 Å². The van der Waals surface area contributed by atoms with Gasteiger partial charge in [-0.05, 0) is 12.5 Å². The molecule has 8 heteroatoms. The summed E-state index contributed by atoms with van der Waals surface area (Å²) in [5.74, 6) is -1.48. The molecule has 0 aliphatic carbocycles. The Labute approximate surface area is 125 Å². The van der Waals surface area contributed by atoms with Crippen LogP contribution in [0.4, 0.5) is 19.4 Å². The number of rotatable bonds is 2. The summed E-state index contributed by atoms with van der Waals surface area (Å²) in [6.07, 6.45) is 1.62. The molecule has 1 amide bonds. The monoisotopic (exact) mass is 308 g/mol. The maximum absolute atomic E-state index is 13.4. The Morgan fingerprint density at radius 2 is 2.14 bits per heavy atom. The van der Waals surface area contributed by atoms with Crippen molar-refractivity contribution in [3.63, 3.8) is 0 Å². The summed E-state index contributed by atoms with van der Waals surface area (Å²) in [6, 6.07) is 2.07. The Hall–Kier alpha value is -2.51. The van der Waals surface area contributed by atoms with Crippen LogP contribution in [0.2, 0.25) is 0 Å². The average Bonchev–Trinajstić information content (AvgIpc) is 2.97. The number of carbonyl (C=O) groups is 1. The minimum absolute atomic E-state index is 0.0367. The summed E-state index contributed by atoms with van der Waals surface area (Å²) in [7, 11) is 1.33. The molecule has 0 radical (unpaired) electrons. The SMILES string of the molecule is COC(=O)N1CCC(Nc2ncnc3cc(F)c(F)cc23)C1. The van der Waals surface area contributed by atoms with Crippen molar-refractivity contribution in [2.45, 2.75) is 12.5 Å². The van der Waals surface area contributed by atoms with Crippen LogP contribution in [0.15, 0.2) is 18.5 Å². The molecular formula is C14H14F2N4O2. The Morgan fingerprint density at radius 3 is 2.91 bits per heavy atom. The van der Waals surface area contributed by atoms with E-state index >= 15 is 0 Å². The first kappa shape index (κ1) is 14.4. The second-order valence-corrected chi connectivity index (χ2v) is 5.05. The van der Waals surface area contributed by atoms with E-state index in [0.717, 1.165) is 12.1 Å². The first-order valence-corrected chi connectivity index (χ1v) is 6.77. The van der Waals surface area contributed by atoms with Crippen molar-refractivity contribution in [3.05, 3.63) is 30.1 Å². The van der Waals surface area contributed by atoms with Crippen molar-refractivity contribution < 1.29 is 18.3 Å². The summed E-state index contributed by atoms with van der Waals surface area (Å²) in [5, 5.41) is 3.55. The van der Waals surface area contributed by atoms with Crippen LogP contribution in [0, 0.1) is 11.6 Å². The minimum Gasteiger partial charge on any atom is -0.453 e. The second-order valence-electron chi connectivity index (χ2n) is 5.05. The summed E-state index contributed by atoms with van der Waals surface area (Å²) in [4.78, 5) is 21.1. The lowest BCUT2D eigenvalue weighted by molar-refractivity contribution is 0.133. The second kappa shape index (κ2) is 5.70. The van der Waals surface area contributed by atoms with Gasteiger partial charge in [-0.2, -0.15) is 0 Å². The predicted molar refractivity (Wildman–Crippen MR) is 75.5 cm³/mol. The van der Waals surface area contributed by atoms with Crippen LogP contribution in [0.3, 0.4) is 0 Å². The van der Waals surface area contributed by atoms with Crippen LogP contribution >= 0.6 is 0 Å². The number of hydrogen-bond acceptors (Lipinski definition) is 5. The molecule has 1 fully saturated rings. The fourth-order valence-electron chi connectivity index (χ4n) is 2.53. The third-order valence-electron chi connectivity index (χ3n) is 3.64. The number of amides is 1. The number of hydrogen-bond donors (Lipinski definition) is 1. The molecule has 1 aliphatic heterocycles.